The van der Waals surface area contributed by atoms with Crippen molar-refractivity contribution < 1.29 is 4.52 Å². The Labute approximate surface area is 95.8 Å². The number of nitrogens with one attached hydrogen (secondary N) is 1. The Morgan fingerprint density at radius 2 is 2.33 bits per heavy atom. The van der Waals surface area contributed by atoms with Crippen LogP contribution in [0.2, 0.25) is 0 Å². The van der Waals surface area contributed by atoms with Crippen LogP contribution in [0, 0.1) is 6.92 Å². The van der Waals surface area contributed by atoms with Crippen LogP contribution in [-0.2, 0) is 6.54 Å². The van der Waals surface area contributed by atoms with E-state index in [0.29, 0.717) is 18.4 Å². The number of anilines is 1. The summed E-state index contributed by atoms with van der Waals surface area (Å²) in [5.74, 6) is 0.631. The third-order valence-corrected chi connectivity index (χ3v) is 2.35. The van der Waals surface area contributed by atoms with E-state index >= 15 is 0 Å². The molecule has 0 saturated carbocycles. The van der Waals surface area contributed by atoms with Crippen LogP contribution >= 0.6 is 15.9 Å². The maximum Gasteiger partial charge on any atom is 0.321 e. The molecule has 1 heterocycles. The highest BCUT2D eigenvalue weighted by molar-refractivity contribution is 9.10. The fourth-order valence-electron chi connectivity index (χ4n) is 1.19. The molecule has 5 heteroatoms. The maximum absolute atomic E-state index is 4.93. The van der Waals surface area contributed by atoms with E-state index in [-0.39, 0.29) is 0 Å². The molecular formula is C10H10BrN3O. The summed E-state index contributed by atoms with van der Waals surface area (Å²) in [7, 11) is 0. The first kappa shape index (κ1) is 10.2. The van der Waals surface area contributed by atoms with Crippen LogP contribution in [0.3, 0.4) is 0 Å². The Morgan fingerprint density at radius 1 is 1.47 bits per heavy atom. The molecule has 0 radical (unpaired) electrons. The number of rotatable bonds is 3. The highest BCUT2D eigenvalue weighted by Gasteiger charge is 2.01. The first-order valence-corrected chi connectivity index (χ1v) is 5.32. The van der Waals surface area contributed by atoms with Gasteiger partial charge in [-0.15, -0.1) is 0 Å². The molecule has 2 aromatic rings. The predicted octanol–water partition coefficient (Wildman–Crippen LogP) is 2.75. The molecule has 4 nitrogen and oxygen atoms in total. The predicted molar refractivity (Wildman–Crippen MR) is 60.5 cm³/mol. The van der Waals surface area contributed by atoms with Gasteiger partial charge in [-0.1, -0.05) is 33.2 Å². The molecule has 2 rings (SSSR count). The molecule has 0 bridgehead atoms. The Hall–Kier alpha value is -1.36. The van der Waals surface area contributed by atoms with Crippen molar-refractivity contribution in [2.24, 2.45) is 0 Å². The van der Waals surface area contributed by atoms with Crippen molar-refractivity contribution in [2.45, 2.75) is 13.5 Å². The van der Waals surface area contributed by atoms with Gasteiger partial charge < -0.3 is 9.84 Å². The van der Waals surface area contributed by atoms with Gasteiger partial charge in [-0.2, -0.15) is 4.98 Å². The van der Waals surface area contributed by atoms with Gasteiger partial charge in [-0.3, -0.25) is 0 Å². The van der Waals surface area contributed by atoms with Crippen molar-refractivity contribution in [1.82, 2.24) is 10.1 Å². The van der Waals surface area contributed by atoms with Crippen LogP contribution in [0.4, 0.5) is 6.01 Å². The molecule has 78 valence electrons. The lowest BCUT2D eigenvalue weighted by atomic mass is 10.2. The van der Waals surface area contributed by atoms with Gasteiger partial charge in [0.25, 0.3) is 0 Å². The minimum atomic E-state index is 0.451. The second-order valence-electron chi connectivity index (χ2n) is 3.13. The smallest absolute Gasteiger partial charge is 0.321 e. The number of hydrogen-bond acceptors (Lipinski definition) is 4. The maximum atomic E-state index is 4.93. The molecule has 1 aromatic heterocycles. The quantitative estimate of drug-likeness (QED) is 0.929. The summed E-state index contributed by atoms with van der Waals surface area (Å²) in [5, 5.41) is 6.74. The first-order valence-electron chi connectivity index (χ1n) is 4.52. The molecule has 0 aliphatic rings. The molecule has 0 amide bonds. The molecule has 0 spiro atoms. The van der Waals surface area contributed by atoms with Crippen LogP contribution in [0.15, 0.2) is 33.3 Å². The highest BCUT2D eigenvalue weighted by atomic mass is 79.9. The van der Waals surface area contributed by atoms with Crippen LogP contribution in [0.5, 0.6) is 0 Å². The minimum absolute atomic E-state index is 0.451. The Bertz CT molecular complexity index is 455. The molecule has 0 atom stereocenters. The molecule has 0 aliphatic carbocycles. The Morgan fingerprint density at radius 3 is 3.00 bits per heavy atom. The second-order valence-corrected chi connectivity index (χ2v) is 4.05. The van der Waals surface area contributed by atoms with E-state index < -0.39 is 0 Å². The molecule has 15 heavy (non-hydrogen) atoms. The average Bonchev–Trinajstić information content (AvgIpc) is 2.62. The number of aromatic nitrogens is 2. The van der Waals surface area contributed by atoms with Gasteiger partial charge in [0, 0.05) is 11.0 Å². The Balaban J connectivity index is 1.99. The third-order valence-electron chi connectivity index (χ3n) is 1.86. The highest BCUT2D eigenvalue weighted by Crippen LogP contribution is 2.13. The van der Waals surface area contributed by atoms with Gasteiger partial charge in [-0.05, 0) is 24.6 Å². The fraction of sp³-hybridized carbons (Fsp3) is 0.200. The minimum Gasteiger partial charge on any atom is -0.334 e. The van der Waals surface area contributed by atoms with E-state index in [2.05, 4.69) is 31.4 Å². The average molecular weight is 268 g/mol. The van der Waals surface area contributed by atoms with E-state index in [1.165, 1.54) is 0 Å². The monoisotopic (exact) mass is 267 g/mol. The molecule has 0 unspecified atom stereocenters. The summed E-state index contributed by atoms with van der Waals surface area (Å²) in [6.45, 7) is 2.45. The molecule has 0 saturated heterocycles. The van der Waals surface area contributed by atoms with Crippen molar-refractivity contribution in [3.8, 4) is 0 Å². The lowest BCUT2D eigenvalue weighted by molar-refractivity contribution is 0.425. The lowest BCUT2D eigenvalue weighted by Gasteiger charge is -2.01. The van der Waals surface area contributed by atoms with Crippen LogP contribution in [0.25, 0.3) is 0 Å². The summed E-state index contributed by atoms with van der Waals surface area (Å²) in [6, 6.07) is 8.49. The molecule has 0 fully saturated rings. The number of benzene rings is 1. The van der Waals surface area contributed by atoms with E-state index in [0.717, 1.165) is 10.0 Å². The zero-order chi connectivity index (χ0) is 10.7. The van der Waals surface area contributed by atoms with Gasteiger partial charge in [0.05, 0.1) is 0 Å². The number of aryl methyl sites for hydroxylation is 1. The molecule has 0 aliphatic heterocycles. The zero-order valence-corrected chi connectivity index (χ0v) is 9.78. The first-order chi connectivity index (χ1) is 7.24. The van der Waals surface area contributed by atoms with Crippen LogP contribution < -0.4 is 5.32 Å². The van der Waals surface area contributed by atoms with E-state index in [4.69, 9.17) is 4.52 Å². The number of nitrogens with zero attached hydrogens (tertiary/aromatic N) is 2. The molecular weight excluding hydrogens is 258 g/mol. The molecule has 1 aromatic carbocycles. The van der Waals surface area contributed by atoms with Gasteiger partial charge in [-0.25, -0.2) is 0 Å². The number of halogens is 1. The standard InChI is InChI=1S/C10H10BrN3O/c1-7-13-10(15-14-7)12-6-8-3-2-4-9(11)5-8/h2-5H,6H2,1H3,(H,12,13,14). The van der Waals surface area contributed by atoms with Crippen molar-refractivity contribution in [2.75, 3.05) is 5.32 Å². The zero-order valence-electron chi connectivity index (χ0n) is 8.20. The summed E-state index contributed by atoms with van der Waals surface area (Å²) in [4.78, 5) is 4.05. The van der Waals surface area contributed by atoms with E-state index in [1.807, 2.05) is 24.3 Å². The van der Waals surface area contributed by atoms with Crippen molar-refractivity contribution in [3.63, 3.8) is 0 Å². The van der Waals surface area contributed by atoms with Crippen molar-refractivity contribution >= 4 is 21.9 Å². The van der Waals surface area contributed by atoms with E-state index in [9.17, 15) is 0 Å². The normalized spacial score (nSPS) is 10.3. The van der Waals surface area contributed by atoms with Gasteiger partial charge in [0.1, 0.15) is 0 Å². The third kappa shape index (κ3) is 2.79. The topological polar surface area (TPSA) is 51.0 Å². The van der Waals surface area contributed by atoms with Crippen LogP contribution in [-0.4, -0.2) is 10.1 Å². The van der Waals surface area contributed by atoms with Gasteiger partial charge in [0.2, 0.25) is 0 Å². The van der Waals surface area contributed by atoms with Gasteiger partial charge >= 0.3 is 6.01 Å². The summed E-state index contributed by atoms with van der Waals surface area (Å²) >= 11 is 3.41. The SMILES string of the molecule is Cc1noc(NCc2cccc(Br)c2)n1. The summed E-state index contributed by atoms with van der Waals surface area (Å²) in [6.07, 6.45) is 0. The van der Waals surface area contributed by atoms with E-state index in [1.54, 1.807) is 6.92 Å². The fourth-order valence-corrected chi connectivity index (χ4v) is 1.64. The van der Waals surface area contributed by atoms with Crippen molar-refractivity contribution in [1.29, 1.82) is 0 Å². The molecule has 1 N–H and O–H groups in total. The lowest BCUT2D eigenvalue weighted by Crippen LogP contribution is -1.99. The van der Waals surface area contributed by atoms with Gasteiger partial charge in [0.15, 0.2) is 5.82 Å². The summed E-state index contributed by atoms with van der Waals surface area (Å²) < 4.78 is 5.99. The second kappa shape index (κ2) is 4.44. The summed E-state index contributed by atoms with van der Waals surface area (Å²) in [5.41, 5.74) is 1.15. The van der Waals surface area contributed by atoms with Crippen LogP contribution in [0.1, 0.15) is 11.4 Å². The van der Waals surface area contributed by atoms with Crippen molar-refractivity contribution in [3.05, 3.63) is 40.1 Å². The Kier molecular flexibility index (Phi) is 3.01. The largest absolute Gasteiger partial charge is 0.334 e. The number of hydrogen-bond donors (Lipinski definition) is 1.